The molecule has 0 fully saturated rings. The van der Waals surface area contributed by atoms with Crippen LogP contribution in [0, 0.1) is 13.8 Å². The number of thiophene rings is 1. The number of hydrogen-bond donors (Lipinski definition) is 1. The molecule has 2 aromatic heterocycles. The van der Waals surface area contributed by atoms with Crippen molar-refractivity contribution in [2.24, 2.45) is 0 Å². The zero-order valence-corrected chi connectivity index (χ0v) is 11.9. The summed E-state index contributed by atoms with van der Waals surface area (Å²) in [5.41, 5.74) is 2.49. The number of aromatic nitrogens is 2. The summed E-state index contributed by atoms with van der Waals surface area (Å²) in [6.07, 6.45) is 0. The highest BCUT2D eigenvalue weighted by atomic mass is 32.1. The van der Waals surface area contributed by atoms with Gasteiger partial charge in [-0.3, -0.25) is 0 Å². The monoisotopic (exact) mass is 284 g/mol. The Balaban J connectivity index is 2.28. The number of hydrogen-bond acceptors (Lipinski definition) is 4. The Labute approximate surface area is 119 Å². The van der Waals surface area contributed by atoms with Crippen LogP contribution in [-0.2, 0) is 0 Å². The Morgan fingerprint density at radius 3 is 2.50 bits per heavy atom. The smallest absolute Gasteiger partial charge is 0.346 e. The summed E-state index contributed by atoms with van der Waals surface area (Å²) in [6.45, 7) is 3.70. The first-order valence-corrected chi connectivity index (χ1v) is 6.96. The van der Waals surface area contributed by atoms with E-state index < -0.39 is 5.97 Å². The summed E-state index contributed by atoms with van der Waals surface area (Å²) in [5.74, 6) is -0.278. The fourth-order valence-corrected chi connectivity index (χ4v) is 3.33. The molecule has 0 aliphatic heterocycles. The first-order chi connectivity index (χ1) is 9.58. The Morgan fingerprint density at radius 2 is 1.85 bits per heavy atom. The van der Waals surface area contributed by atoms with Gasteiger partial charge in [0.1, 0.15) is 9.71 Å². The first kappa shape index (κ1) is 12.7. The number of benzene rings is 1. The standard InChI is InChI=1S/C15H12N2O2S/c1-8-11-9(2)16-13(10-6-4-3-5-7-10)17-14(11)20-12(8)15(18)19/h3-7H,1-2H3,(H,18,19). The second-order valence-corrected chi connectivity index (χ2v) is 5.54. The number of fused-ring (bicyclic) bond motifs is 1. The lowest BCUT2D eigenvalue weighted by molar-refractivity contribution is 0.0701. The van der Waals surface area contributed by atoms with E-state index in [0.717, 1.165) is 27.0 Å². The van der Waals surface area contributed by atoms with Crippen LogP contribution in [0.3, 0.4) is 0 Å². The highest BCUT2D eigenvalue weighted by Gasteiger charge is 2.18. The van der Waals surface area contributed by atoms with Gasteiger partial charge in [-0.15, -0.1) is 11.3 Å². The predicted molar refractivity (Wildman–Crippen MR) is 79.3 cm³/mol. The van der Waals surface area contributed by atoms with E-state index in [1.807, 2.05) is 37.3 Å². The zero-order valence-electron chi connectivity index (χ0n) is 11.0. The zero-order chi connectivity index (χ0) is 14.3. The summed E-state index contributed by atoms with van der Waals surface area (Å²) >= 11 is 1.20. The van der Waals surface area contributed by atoms with E-state index in [0.29, 0.717) is 10.7 Å². The molecule has 1 aromatic carbocycles. The molecular weight excluding hydrogens is 272 g/mol. The van der Waals surface area contributed by atoms with Gasteiger partial charge < -0.3 is 5.11 Å². The van der Waals surface area contributed by atoms with Crippen molar-refractivity contribution < 1.29 is 9.90 Å². The molecule has 4 nitrogen and oxygen atoms in total. The van der Waals surface area contributed by atoms with Crippen LogP contribution >= 0.6 is 11.3 Å². The molecule has 0 amide bonds. The molecule has 0 spiro atoms. The van der Waals surface area contributed by atoms with Crippen LogP contribution < -0.4 is 0 Å². The molecule has 0 saturated carbocycles. The van der Waals surface area contributed by atoms with Gasteiger partial charge in [0.05, 0.1) is 5.69 Å². The number of carboxylic acid groups (broad SMARTS) is 1. The minimum Gasteiger partial charge on any atom is -0.477 e. The number of aryl methyl sites for hydroxylation is 2. The van der Waals surface area contributed by atoms with E-state index in [9.17, 15) is 9.90 Å². The SMILES string of the molecule is Cc1nc(-c2ccccc2)nc2sc(C(=O)O)c(C)c12. The van der Waals surface area contributed by atoms with Gasteiger partial charge in [0.15, 0.2) is 5.82 Å². The van der Waals surface area contributed by atoms with Crippen molar-refractivity contribution in [1.29, 1.82) is 0 Å². The Morgan fingerprint density at radius 1 is 1.15 bits per heavy atom. The molecule has 0 aliphatic rings. The molecule has 0 atom stereocenters. The molecule has 20 heavy (non-hydrogen) atoms. The van der Waals surface area contributed by atoms with Gasteiger partial charge in [0.25, 0.3) is 0 Å². The molecule has 0 radical (unpaired) electrons. The van der Waals surface area contributed by atoms with E-state index in [2.05, 4.69) is 9.97 Å². The predicted octanol–water partition coefficient (Wildman–Crippen LogP) is 3.67. The van der Waals surface area contributed by atoms with Crippen molar-refractivity contribution in [2.45, 2.75) is 13.8 Å². The Kier molecular flexibility index (Phi) is 2.99. The molecule has 100 valence electrons. The molecule has 0 aliphatic carbocycles. The normalized spacial score (nSPS) is 10.9. The topological polar surface area (TPSA) is 63.1 Å². The van der Waals surface area contributed by atoms with Gasteiger partial charge in [0.2, 0.25) is 0 Å². The van der Waals surface area contributed by atoms with E-state index in [1.54, 1.807) is 6.92 Å². The second kappa shape index (κ2) is 4.68. The van der Waals surface area contributed by atoms with Crippen molar-refractivity contribution in [3.63, 3.8) is 0 Å². The van der Waals surface area contributed by atoms with Crippen LogP contribution in [0.2, 0.25) is 0 Å². The molecule has 1 N–H and O–H groups in total. The number of carbonyl (C=O) groups is 1. The highest BCUT2D eigenvalue weighted by Crippen LogP contribution is 2.32. The summed E-state index contributed by atoms with van der Waals surface area (Å²) in [6, 6.07) is 9.69. The van der Waals surface area contributed by atoms with Crippen LogP contribution in [0.25, 0.3) is 21.6 Å². The third-order valence-corrected chi connectivity index (χ3v) is 4.37. The summed E-state index contributed by atoms with van der Waals surface area (Å²) in [4.78, 5) is 21.3. The lowest BCUT2D eigenvalue weighted by Gasteiger charge is -2.03. The number of rotatable bonds is 2. The van der Waals surface area contributed by atoms with Crippen molar-refractivity contribution in [3.8, 4) is 11.4 Å². The molecule has 0 unspecified atom stereocenters. The number of nitrogens with zero attached hydrogens (tertiary/aromatic N) is 2. The first-order valence-electron chi connectivity index (χ1n) is 6.14. The third-order valence-electron chi connectivity index (χ3n) is 3.20. The van der Waals surface area contributed by atoms with Gasteiger partial charge in [0, 0.05) is 10.9 Å². The van der Waals surface area contributed by atoms with Crippen molar-refractivity contribution in [1.82, 2.24) is 9.97 Å². The fraction of sp³-hybridized carbons (Fsp3) is 0.133. The lowest BCUT2D eigenvalue weighted by atomic mass is 10.1. The maximum atomic E-state index is 11.2. The van der Waals surface area contributed by atoms with Gasteiger partial charge in [-0.05, 0) is 19.4 Å². The average molecular weight is 284 g/mol. The van der Waals surface area contributed by atoms with E-state index in [4.69, 9.17) is 0 Å². The van der Waals surface area contributed by atoms with Crippen LogP contribution in [0.5, 0.6) is 0 Å². The summed E-state index contributed by atoms with van der Waals surface area (Å²) in [5, 5.41) is 10.1. The van der Waals surface area contributed by atoms with Crippen LogP contribution in [0.1, 0.15) is 20.9 Å². The maximum absolute atomic E-state index is 11.2. The Hall–Kier alpha value is -2.27. The molecule has 3 rings (SSSR count). The summed E-state index contributed by atoms with van der Waals surface area (Å²) in [7, 11) is 0. The third kappa shape index (κ3) is 1.96. The van der Waals surface area contributed by atoms with Crippen molar-refractivity contribution >= 4 is 27.5 Å². The van der Waals surface area contributed by atoms with Crippen LogP contribution in [-0.4, -0.2) is 21.0 Å². The van der Waals surface area contributed by atoms with Gasteiger partial charge in [-0.2, -0.15) is 0 Å². The highest BCUT2D eigenvalue weighted by molar-refractivity contribution is 7.20. The lowest BCUT2D eigenvalue weighted by Crippen LogP contribution is -1.95. The van der Waals surface area contributed by atoms with Crippen molar-refractivity contribution in [3.05, 3.63) is 46.5 Å². The molecular formula is C15H12N2O2S. The van der Waals surface area contributed by atoms with Crippen LogP contribution in [0.4, 0.5) is 0 Å². The van der Waals surface area contributed by atoms with Gasteiger partial charge in [-0.1, -0.05) is 30.3 Å². The second-order valence-electron chi connectivity index (χ2n) is 4.54. The van der Waals surface area contributed by atoms with Gasteiger partial charge in [-0.25, -0.2) is 14.8 Å². The minimum atomic E-state index is -0.911. The average Bonchev–Trinajstić information content (AvgIpc) is 2.77. The van der Waals surface area contributed by atoms with E-state index in [-0.39, 0.29) is 0 Å². The van der Waals surface area contributed by atoms with Crippen molar-refractivity contribution in [2.75, 3.05) is 0 Å². The molecule has 5 heteroatoms. The maximum Gasteiger partial charge on any atom is 0.346 e. The van der Waals surface area contributed by atoms with E-state index >= 15 is 0 Å². The quantitative estimate of drug-likeness (QED) is 0.779. The molecule has 3 aromatic rings. The Bertz CT molecular complexity index is 810. The molecule has 0 bridgehead atoms. The van der Waals surface area contributed by atoms with Gasteiger partial charge >= 0.3 is 5.97 Å². The van der Waals surface area contributed by atoms with E-state index in [1.165, 1.54) is 11.3 Å². The number of carboxylic acids is 1. The minimum absolute atomic E-state index is 0.336. The molecule has 0 saturated heterocycles. The molecule has 2 heterocycles. The number of aromatic carboxylic acids is 1. The summed E-state index contributed by atoms with van der Waals surface area (Å²) < 4.78 is 0. The van der Waals surface area contributed by atoms with Crippen LogP contribution in [0.15, 0.2) is 30.3 Å². The fourth-order valence-electron chi connectivity index (χ4n) is 2.26. The largest absolute Gasteiger partial charge is 0.477 e.